The molecule has 0 aliphatic heterocycles. The van der Waals surface area contributed by atoms with Crippen molar-refractivity contribution in [3.63, 3.8) is 0 Å². The van der Waals surface area contributed by atoms with E-state index >= 15 is 0 Å². The van der Waals surface area contributed by atoms with Crippen LogP contribution in [0, 0.1) is 6.92 Å². The van der Waals surface area contributed by atoms with Crippen molar-refractivity contribution in [2.24, 2.45) is 0 Å². The molecule has 26 heavy (non-hydrogen) atoms. The first-order valence-electron chi connectivity index (χ1n) is 7.81. The van der Waals surface area contributed by atoms with Crippen molar-refractivity contribution in [2.75, 3.05) is 5.32 Å². The second-order valence-electron chi connectivity index (χ2n) is 5.44. The fourth-order valence-electron chi connectivity index (χ4n) is 2.03. The van der Waals surface area contributed by atoms with Crippen molar-refractivity contribution in [3.05, 3.63) is 35.2 Å². The lowest BCUT2D eigenvalue weighted by molar-refractivity contribution is -0.153. The van der Waals surface area contributed by atoms with Gasteiger partial charge in [0.25, 0.3) is 5.91 Å². The van der Waals surface area contributed by atoms with Gasteiger partial charge in [-0.25, -0.2) is 0 Å². The van der Waals surface area contributed by atoms with Crippen molar-refractivity contribution in [1.29, 1.82) is 0 Å². The Balaban J connectivity index is 1.45. The summed E-state index contributed by atoms with van der Waals surface area (Å²) < 4.78 is 15.1. The van der Waals surface area contributed by atoms with Crippen LogP contribution in [0.15, 0.2) is 32.6 Å². The van der Waals surface area contributed by atoms with Crippen LogP contribution in [0.3, 0.4) is 0 Å². The highest BCUT2D eigenvalue weighted by atomic mass is 32.1. The number of anilines is 1. The molecule has 3 heterocycles. The number of esters is 1. The number of ether oxygens (including phenoxy) is 1. The Morgan fingerprint density at radius 1 is 1.35 bits per heavy atom. The molecule has 9 nitrogen and oxygen atoms in total. The molecule has 0 radical (unpaired) electrons. The van der Waals surface area contributed by atoms with Gasteiger partial charge >= 0.3 is 5.97 Å². The molecular weight excluding hydrogens is 360 g/mol. The average Bonchev–Trinajstić information content (AvgIpc) is 3.34. The van der Waals surface area contributed by atoms with Gasteiger partial charge < -0.3 is 13.8 Å². The average molecular weight is 376 g/mol. The van der Waals surface area contributed by atoms with Crippen molar-refractivity contribution in [3.8, 4) is 10.7 Å². The molecule has 0 saturated carbocycles. The number of rotatable bonds is 7. The summed E-state index contributed by atoms with van der Waals surface area (Å²) in [4.78, 5) is 29.0. The Morgan fingerprint density at radius 3 is 2.88 bits per heavy atom. The molecule has 1 atom stereocenters. The van der Waals surface area contributed by atoms with E-state index in [1.165, 1.54) is 18.3 Å². The van der Waals surface area contributed by atoms with E-state index in [0.717, 1.165) is 4.88 Å². The van der Waals surface area contributed by atoms with Crippen molar-refractivity contribution in [2.45, 2.75) is 32.8 Å². The maximum absolute atomic E-state index is 12.0. The molecule has 136 valence electrons. The number of hydrogen-bond acceptors (Lipinski definition) is 9. The molecule has 0 fully saturated rings. The molecule has 1 amide bonds. The first-order chi connectivity index (χ1) is 12.5. The summed E-state index contributed by atoms with van der Waals surface area (Å²) in [5.41, 5.74) is 0.631. The molecule has 3 rings (SSSR count). The number of aryl methyl sites for hydroxylation is 2. The van der Waals surface area contributed by atoms with Gasteiger partial charge in [0, 0.05) is 12.5 Å². The van der Waals surface area contributed by atoms with Gasteiger partial charge in [0.15, 0.2) is 6.10 Å². The van der Waals surface area contributed by atoms with Crippen LogP contribution in [0.2, 0.25) is 0 Å². The largest absolute Gasteiger partial charge is 0.453 e. The minimum absolute atomic E-state index is 0.0190. The van der Waals surface area contributed by atoms with Crippen LogP contribution in [-0.4, -0.2) is 33.3 Å². The van der Waals surface area contributed by atoms with Crippen LogP contribution in [0.1, 0.15) is 24.9 Å². The van der Waals surface area contributed by atoms with Crippen molar-refractivity contribution < 1.29 is 23.4 Å². The summed E-state index contributed by atoms with van der Waals surface area (Å²) in [7, 11) is 0. The summed E-state index contributed by atoms with van der Waals surface area (Å²) in [5, 5.41) is 11.9. The highest BCUT2D eigenvalue weighted by molar-refractivity contribution is 7.13. The molecule has 0 aliphatic rings. The van der Waals surface area contributed by atoms with Gasteiger partial charge in [0.1, 0.15) is 0 Å². The van der Waals surface area contributed by atoms with E-state index in [4.69, 9.17) is 13.8 Å². The Morgan fingerprint density at radius 2 is 2.19 bits per heavy atom. The lowest BCUT2D eigenvalue weighted by atomic mass is 10.3. The van der Waals surface area contributed by atoms with Crippen LogP contribution in [0.5, 0.6) is 0 Å². The van der Waals surface area contributed by atoms with E-state index in [1.807, 2.05) is 17.5 Å². The van der Waals surface area contributed by atoms with Gasteiger partial charge in [-0.05, 0) is 25.3 Å². The van der Waals surface area contributed by atoms with Crippen molar-refractivity contribution in [1.82, 2.24) is 15.3 Å². The summed E-state index contributed by atoms with van der Waals surface area (Å²) in [6.07, 6.45) is -0.727. The number of aromatic nitrogens is 3. The minimum Gasteiger partial charge on any atom is -0.453 e. The van der Waals surface area contributed by atoms with Crippen LogP contribution in [0.4, 0.5) is 5.88 Å². The number of thiophene rings is 1. The molecule has 0 aromatic carbocycles. The summed E-state index contributed by atoms with van der Waals surface area (Å²) in [6.45, 7) is 3.20. The quantitative estimate of drug-likeness (QED) is 0.625. The molecule has 0 bridgehead atoms. The van der Waals surface area contributed by atoms with E-state index in [1.54, 1.807) is 13.0 Å². The first-order valence-corrected chi connectivity index (χ1v) is 8.69. The third kappa shape index (κ3) is 4.54. The molecule has 0 spiro atoms. The van der Waals surface area contributed by atoms with Crippen LogP contribution in [-0.2, 0) is 20.7 Å². The number of nitrogens with one attached hydrogen (secondary N) is 1. The molecule has 1 N–H and O–H groups in total. The zero-order chi connectivity index (χ0) is 18.5. The van der Waals surface area contributed by atoms with E-state index in [0.29, 0.717) is 17.4 Å². The Labute approximate surface area is 152 Å². The molecule has 3 aromatic heterocycles. The summed E-state index contributed by atoms with van der Waals surface area (Å²) >= 11 is 1.49. The summed E-state index contributed by atoms with van der Waals surface area (Å²) in [5.74, 6) is -0.0371. The third-order valence-electron chi connectivity index (χ3n) is 3.30. The van der Waals surface area contributed by atoms with Crippen LogP contribution < -0.4 is 5.32 Å². The number of carbonyl (C=O) groups excluding carboxylic acids is 2. The third-order valence-corrected chi connectivity index (χ3v) is 4.17. The van der Waals surface area contributed by atoms with E-state index < -0.39 is 18.0 Å². The number of carbonyl (C=O) groups is 2. The molecule has 10 heteroatoms. The molecule has 1 unspecified atom stereocenters. The summed E-state index contributed by atoms with van der Waals surface area (Å²) in [6, 6.07) is 5.33. The molecule has 0 saturated heterocycles. The Bertz CT molecular complexity index is 886. The zero-order valence-electron chi connectivity index (χ0n) is 14.1. The number of amides is 1. The normalized spacial score (nSPS) is 11.9. The van der Waals surface area contributed by atoms with E-state index in [9.17, 15) is 9.59 Å². The fourth-order valence-corrected chi connectivity index (χ4v) is 2.68. The second kappa shape index (κ2) is 7.91. The Kier molecular flexibility index (Phi) is 5.42. The first kappa shape index (κ1) is 17.8. The van der Waals surface area contributed by atoms with Crippen LogP contribution >= 0.6 is 11.3 Å². The predicted molar refractivity (Wildman–Crippen MR) is 91.4 cm³/mol. The predicted octanol–water partition coefficient (Wildman–Crippen LogP) is 2.60. The van der Waals surface area contributed by atoms with Crippen LogP contribution in [0.25, 0.3) is 10.7 Å². The van der Waals surface area contributed by atoms with Gasteiger partial charge in [0.05, 0.1) is 17.0 Å². The lowest BCUT2D eigenvalue weighted by Gasteiger charge is -2.11. The van der Waals surface area contributed by atoms with E-state index in [2.05, 4.69) is 20.6 Å². The maximum atomic E-state index is 12.0. The zero-order valence-corrected chi connectivity index (χ0v) is 14.9. The van der Waals surface area contributed by atoms with Gasteiger partial charge in [-0.1, -0.05) is 16.4 Å². The number of nitrogens with zero attached hydrogens (tertiary/aromatic N) is 3. The molecule has 0 aliphatic carbocycles. The monoisotopic (exact) mass is 376 g/mol. The van der Waals surface area contributed by atoms with E-state index in [-0.39, 0.29) is 18.7 Å². The highest BCUT2D eigenvalue weighted by Gasteiger charge is 2.20. The van der Waals surface area contributed by atoms with Gasteiger partial charge in [0.2, 0.25) is 17.6 Å². The number of hydrogen-bond donors (Lipinski definition) is 1. The van der Waals surface area contributed by atoms with Gasteiger partial charge in [-0.15, -0.1) is 11.3 Å². The van der Waals surface area contributed by atoms with Crippen molar-refractivity contribution >= 4 is 29.1 Å². The highest BCUT2D eigenvalue weighted by Crippen LogP contribution is 2.21. The topological polar surface area (TPSA) is 120 Å². The maximum Gasteiger partial charge on any atom is 0.307 e. The smallest absolute Gasteiger partial charge is 0.307 e. The fraction of sp³-hybridized carbons (Fsp3) is 0.312. The standard InChI is InChI=1S/C16H16N4O5S/c1-9-8-13(25-19-9)18-16(22)10(2)23-14(21)6-5-12-17-15(20-24-12)11-4-3-7-26-11/h3-4,7-8,10H,5-6H2,1-2H3,(H,18,22). The Hall–Kier alpha value is -3.01. The second-order valence-corrected chi connectivity index (χ2v) is 6.39. The SMILES string of the molecule is Cc1cc(NC(=O)C(C)OC(=O)CCc2nc(-c3cccs3)no2)on1. The minimum atomic E-state index is -0.975. The molecule has 3 aromatic rings. The van der Waals surface area contributed by atoms with Gasteiger partial charge in [-0.2, -0.15) is 4.98 Å². The lowest BCUT2D eigenvalue weighted by Crippen LogP contribution is -2.29. The molecular formula is C16H16N4O5S. The van der Waals surface area contributed by atoms with Gasteiger partial charge in [-0.3, -0.25) is 14.9 Å².